The van der Waals surface area contributed by atoms with Gasteiger partial charge in [-0.15, -0.1) is 22.7 Å². The molecule has 220 valence electrons. The first-order valence-corrected chi connectivity index (χ1v) is 19.3. The maximum absolute atomic E-state index is 14.3. The van der Waals surface area contributed by atoms with Crippen LogP contribution in [-0.2, 0) is 18.5 Å². The quantitative estimate of drug-likeness (QED) is 0.159. The van der Waals surface area contributed by atoms with Gasteiger partial charge in [0.2, 0.25) is 0 Å². The molecule has 10 heteroatoms. The molecular weight excluding hydrogens is 625 g/mol. The predicted molar refractivity (Wildman–Crippen MR) is 171 cm³/mol. The molecule has 2 aliphatic carbocycles. The molecule has 0 spiro atoms. The van der Waals surface area contributed by atoms with Gasteiger partial charge in [-0.1, -0.05) is 62.0 Å². The van der Waals surface area contributed by atoms with E-state index in [1.165, 1.54) is 22.7 Å². The Morgan fingerprint density at radius 2 is 1.50 bits per heavy atom. The van der Waals surface area contributed by atoms with Crippen LogP contribution in [0.3, 0.4) is 0 Å². The van der Waals surface area contributed by atoms with Crippen molar-refractivity contribution >= 4 is 66.4 Å². The van der Waals surface area contributed by atoms with Crippen LogP contribution in [0.5, 0.6) is 0 Å². The molecule has 2 saturated carbocycles. The van der Waals surface area contributed by atoms with E-state index in [0.717, 1.165) is 28.8 Å². The number of hydrogen-bond acceptors (Lipinski definition) is 8. The van der Waals surface area contributed by atoms with Gasteiger partial charge in [-0.3, -0.25) is 9.59 Å². The van der Waals surface area contributed by atoms with Crippen molar-refractivity contribution in [1.29, 1.82) is 0 Å². The Labute approximate surface area is 261 Å². The number of ketones is 2. The highest BCUT2D eigenvalue weighted by molar-refractivity contribution is 8.34. The van der Waals surface area contributed by atoms with E-state index in [1.54, 1.807) is 18.7 Å². The molecule has 0 amide bonds. The fourth-order valence-electron chi connectivity index (χ4n) is 6.47. The van der Waals surface area contributed by atoms with Gasteiger partial charge in [0.05, 0.1) is 28.7 Å². The zero-order valence-corrected chi connectivity index (χ0v) is 27.7. The number of carbonyl (C=O) groups is 2. The first-order valence-electron chi connectivity index (χ1n) is 13.8. The molecule has 2 bridgehead atoms. The monoisotopic (exact) mass is 656 g/mol. The number of thiophene rings is 2. The largest absolute Gasteiger partial charge is 0.299 e. The van der Waals surface area contributed by atoms with Crippen molar-refractivity contribution in [2.45, 2.75) is 62.5 Å². The lowest BCUT2D eigenvalue weighted by Crippen LogP contribution is -2.42. The lowest BCUT2D eigenvalue weighted by molar-refractivity contribution is -0.128. The predicted octanol–water partition coefficient (Wildman–Crippen LogP) is 9.10. The van der Waals surface area contributed by atoms with E-state index in [0.29, 0.717) is 17.7 Å². The summed E-state index contributed by atoms with van der Waals surface area (Å²) in [5, 5.41) is 0. The van der Waals surface area contributed by atoms with E-state index in [4.69, 9.17) is 3.63 Å². The van der Waals surface area contributed by atoms with E-state index in [-0.39, 0.29) is 23.2 Å². The molecule has 0 radical (unpaired) electrons. The molecule has 0 saturated heterocycles. The fraction of sp³-hybridized carbons (Fsp3) is 0.312. The molecule has 2 aromatic carbocycles. The van der Waals surface area contributed by atoms with Crippen molar-refractivity contribution in [2.24, 2.45) is 16.7 Å². The van der Waals surface area contributed by atoms with Crippen LogP contribution in [0.15, 0.2) is 107 Å². The highest BCUT2D eigenvalue weighted by Crippen LogP contribution is 2.73. The summed E-state index contributed by atoms with van der Waals surface area (Å²) < 4.78 is 38.0. The van der Waals surface area contributed by atoms with Crippen LogP contribution in [0.25, 0.3) is 0 Å². The molecule has 2 aromatic heterocycles. The van der Waals surface area contributed by atoms with Gasteiger partial charge in [-0.25, -0.2) is 3.63 Å². The zero-order valence-electron chi connectivity index (χ0n) is 23.6. The maximum atomic E-state index is 14.3. The molecular formula is C32H32O5S5. The average molecular weight is 657 g/mol. The van der Waals surface area contributed by atoms with E-state index in [9.17, 15) is 18.0 Å². The number of fused-ring (bicyclic) bond motifs is 2. The van der Waals surface area contributed by atoms with E-state index in [1.807, 2.05) is 98.8 Å². The van der Waals surface area contributed by atoms with Crippen molar-refractivity contribution in [2.75, 3.05) is 5.75 Å². The second kappa shape index (κ2) is 11.1. The van der Waals surface area contributed by atoms with Crippen LogP contribution in [0.4, 0.5) is 0 Å². The molecule has 0 N–H and O–H groups in total. The highest BCUT2D eigenvalue weighted by atomic mass is 32.3. The van der Waals surface area contributed by atoms with E-state index < -0.39 is 31.3 Å². The molecule has 6 rings (SSSR count). The Morgan fingerprint density at radius 1 is 0.905 bits per heavy atom. The van der Waals surface area contributed by atoms with Crippen molar-refractivity contribution < 1.29 is 21.6 Å². The van der Waals surface area contributed by atoms with Crippen LogP contribution in [-0.4, -0.2) is 25.7 Å². The normalized spacial score (nSPS) is 22.0. The smallest absolute Gasteiger partial charge is 0.278 e. The topological polar surface area (TPSA) is 77.5 Å². The summed E-state index contributed by atoms with van der Waals surface area (Å²) in [7, 11) is -6.92. The Morgan fingerprint density at radius 3 is 2.02 bits per heavy atom. The maximum Gasteiger partial charge on any atom is 0.278 e. The van der Waals surface area contributed by atoms with Crippen LogP contribution in [0.1, 0.15) is 49.7 Å². The molecule has 4 aromatic rings. The van der Waals surface area contributed by atoms with Crippen molar-refractivity contribution in [3.8, 4) is 0 Å². The van der Waals surface area contributed by atoms with Gasteiger partial charge in [0.15, 0.2) is 5.78 Å². The third-order valence-corrected chi connectivity index (χ3v) is 18.2. The van der Waals surface area contributed by atoms with Gasteiger partial charge in [0.25, 0.3) is 10.1 Å². The first-order chi connectivity index (χ1) is 20.0. The SMILES string of the molecule is CC(=O)c1ccc(Sc2ccc(S(OS(=O)(=O)CC34CCC(CC3=O)C4(C)C)(c3ccccc3)c3ccccc3)s2)s1. The summed E-state index contributed by atoms with van der Waals surface area (Å²) in [6.45, 7) is 5.65. The third-order valence-electron chi connectivity index (χ3n) is 8.89. The minimum absolute atomic E-state index is 0.0333. The van der Waals surface area contributed by atoms with Crippen LogP contribution in [0.2, 0.25) is 0 Å². The summed E-state index contributed by atoms with van der Waals surface area (Å²) in [4.78, 5) is 27.4. The minimum atomic E-state index is -4.19. The number of benzene rings is 2. The number of Topliss-reactive ketones (excluding diaryl/α,β-unsaturated/α-hetero) is 2. The van der Waals surface area contributed by atoms with Gasteiger partial charge in [0, 0.05) is 16.2 Å². The van der Waals surface area contributed by atoms with Crippen molar-refractivity contribution in [3.05, 3.63) is 89.8 Å². The van der Waals surface area contributed by atoms with Gasteiger partial charge in [-0.05, 0) is 89.9 Å². The van der Waals surface area contributed by atoms with Gasteiger partial charge >= 0.3 is 0 Å². The van der Waals surface area contributed by atoms with Crippen LogP contribution in [0, 0.1) is 16.7 Å². The summed E-state index contributed by atoms with van der Waals surface area (Å²) in [5.41, 5.74) is -1.33. The lowest BCUT2D eigenvalue weighted by Gasteiger charge is -2.40. The number of rotatable bonds is 10. The molecule has 2 aliphatic rings. The zero-order chi connectivity index (χ0) is 29.8. The summed E-state index contributed by atoms with van der Waals surface area (Å²) in [5.74, 6) is -0.0250. The molecule has 0 aliphatic heterocycles. The minimum Gasteiger partial charge on any atom is -0.299 e. The van der Waals surface area contributed by atoms with Gasteiger partial charge in [-0.2, -0.15) is 8.42 Å². The highest BCUT2D eigenvalue weighted by Gasteiger charge is 2.65. The average Bonchev–Trinajstić information content (AvgIpc) is 3.72. The van der Waals surface area contributed by atoms with E-state index in [2.05, 4.69) is 0 Å². The summed E-state index contributed by atoms with van der Waals surface area (Å²) >= 11 is 4.51. The molecule has 2 heterocycles. The molecule has 5 nitrogen and oxygen atoms in total. The molecule has 2 unspecified atom stereocenters. The Hall–Kier alpha value is -2.21. The lowest BCUT2D eigenvalue weighted by atomic mass is 9.70. The standard InChI is InChI=1S/C32H32O5S5/c1-22(33)26-14-15-28(38-26)39-29-16-17-30(40-29)42(24-10-6-4-7-11-24,25-12-8-5-9-13-25)37-41(35,36)21-32-19-18-23(20-27(32)34)31(32,2)3/h4-17,23H,18-21H2,1-3H3. The third kappa shape index (κ3) is 5.04. The number of carbonyl (C=O) groups excluding carboxylic acids is 2. The van der Waals surface area contributed by atoms with Gasteiger partial charge in [0.1, 0.15) is 5.78 Å². The molecule has 2 atom stereocenters. The second-order valence-electron chi connectivity index (χ2n) is 11.5. The van der Waals surface area contributed by atoms with Crippen molar-refractivity contribution in [3.63, 3.8) is 0 Å². The van der Waals surface area contributed by atoms with Crippen LogP contribution >= 0.6 is 44.7 Å². The summed E-state index contributed by atoms with van der Waals surface area (Å²) in [6, 6.07) is 26.9. The Bertz CT molecular complexity index is 1700. The second-order valence-corrected chi connectivity index (χ2v) is 19.9. The summed E-state index contributed by atoms with van der Waals surface area (Å²) in [6.07, 6.45) is 1.88. The van der Waals surface area contributed by atoms with Gasteiger partial charge < -0.3 is 0 Å². The van der Waals surface area contributed by atoms with E-state index >= 15 is 0 Å². The number of hydrogen-bond donors (Lipinski definition) is 0. The molecule has 42 heavy (non-hydrogen) atoms. The van der Waals surface area contributed by atoms with Crippen molar-refractivity contribution in [1.82, 2.24) is 0 Å². The molecule has 2 fully saturated rings. The first kappa shape index (κ1) is 29.8. The van der Waals surface area contributed by atoms with Crippen LogP contribution < -0.4 is 0 Å². The Kier molecular flexibility index (Phi) is 7.85. The fourth-order valence-corrected chi connectivity index (χ4v) is 17.0. The Balaban J connectivity index is 1.45.